The summed E-state index contributed by atoms with van der Waals surface area (Å²) in [5.74, 6) is -0.514. The molecular formula is C9H15O4. The summed E-state index contributed by atoms with van der Waals surface area (Å²) in [4.78, 5) is 21.3. The van der Waals surface area contributed by atoms with Crippen molar-refractivity contribution in [3.63, 3.8) is 0 Å². The fraction of sp³-hybridized carbons (Fsp3) is 0.778. The summed E-state index contributed by atoms with van der Waals surface area (Å²) in [7, 11) is 0. The van der Waals surface area contributed by atoms with Crippen LogP contribution in [0.2, 0.25) is 0 Å². The first-order chi connectivity index (χ1) is 6.10. The van der Waals surface area contributed by atoms with Gasteiger partial charge in [0.2, 0.25) is 5.60 Å². The molecule has 1 atom stereocenters. The third-order valence-electron chi connectivity index (χ3n) is 1.81. The second-order valence-electron chi connectivity index (χ2n) is 2.91. The van der Waals surface area contributed by atoms with Gasteiger partial charge >= 0.3 is 12.4 Å². The van der Waals surface area contributed by atoms with Crippen molar-refractivity contribution < 1.29 is 19.1 Å². The smallest absolute Gasteiger partial charge is 0.418 e. The van der Waals surface area contributed by atoms with Gasteiger partial charge in [0.25, 0.3) is 0 Å². The molecule has 0 aromatic carbocycles. The van der Waals surface area contributed by atoms with Gasteiger partial charge in [-0.3, -0.25) is 0 Å². The van der Waals surface area contributed by atoms with Crippen LogP contribution in [0.1, 0.15) is 33.6 Å². The van der Waals surface area contributed by atoms with Gasteiger partial charge in [-0.05, 0) is 19.8 Å². The number of esters is 1. The molecule has 0 saturated carbocycles. The first-order valence-corrected chi connectivity index (χ1v) is 4.33. The molecule has 0 N–H and O–H groups in total. The van der Waals surface area contributed by atoms with Crippen LogP contribution in [0.3, 0.4) is 0 Å². The van der Waals surface area contributed by atoms with E-state index in [0.29, 0.717) is 13.0 Å². The molecule has 75 valence electrons. The highest BCUT2D eigenvalue weighted by Gasteiger charge is 2.35. The molecule has 0 aromatic heterocycles. The molecule has 0 amide bonds. The van der Waals surface area contributed by atoms with E-state index in [0.717, 1.165) is 6.42 Å². The third-order valence-corrected chi connectivity index (χ3v) is 1.81. The van der Waals surface area contributed by atoms with E-state index in [2.05, 4.69) is 4.74 Å². The highest BCUT2D eigenvalue weighted by molar-refractivity contribution is 5.80. The van der Waals surface area contributed by atoms with E-state index in [1.807, 2.05) is 6.92 Å². The lowest BCUT2D eigenvalue weighted by Crippen LogP contribution is -2.39. The number of hydrogen-bond donors (Lipinski definition) is 0. The Bertz CT molecular complexity index is 178. The van der Waals surface area contributed by atoms with Gasteiger partial charge < -0.3 is 9.47 Å². The molecule has 0 heterocycles. The van der Waals surface area contributed by atoms with Gasteiger partial charge in [0.05, 0.1) is 6.61 Å². The average Bonchev–Trinajstić information content (AvgIpc) is 2.14. The first-order valence-electron chi connectivity index (χ1n) is 4.33. The highest BCUT2D eigenvalue weighted by Crippen LogP contribution is 2.16. The SMILES string of the molecule is CCCOC(=O)C(C)(CC)O[C]=O. The van der Waals surface area contributed by atoms with Crippen molar-refractivity contribution in [2.45, 2.75) is 39.2 Å². The Hall–Kier alpha value is -1.06. The molecule has 1 unspecified atom stereocenters. The van der Waals surface area contributed by atoms with Crippen LogP contribution in [0.25, 0.3) is 0 Å². The van der Waals surface area contributed by atoms with Crippen LogP contribution in [0.4, 0.5) is 0 Å². The average molecular weight is 187 g/mol. The van der Waals surface area contributed by atoms with Crippen molar-refractivity contribution in [1.29, 1.82) is 0 Å². The summed E-state index contributed by atoms with van der Waals surface area (Å²) in [6.45, 7) is 6.75. The topological polar surface area (TPSA) is 52.6 Å². The van der Waals surface area contributed by atoms with E-state index >= 15 is 0 Å². The Kier molecular flexibility index (Phi) is 5.11. The Morgan fingerprint density at radius 1 is 1.46 bits per heavy atom. The van der Waals surface area contributed by atoms with Gasteiger partial charge in [0.1, 0.15) is 0 Å². The normalized spacial score (nSPS) is 14.4. The largest absolute Gasteiger partial charge is 0.463 e. The molecule has 4 nitrogen and oxygen atoms in total. The molecule has 0 aliphatic carbocycles. The van der Waals surface area contributed by atoms with Crippen molar-refractivity contribution in [2.75, 3.05) is 6.61 Å². The summed E-state index contributed by atoms with van der Waals surface area (Å²) >= 11 is 0. The third kappa shape index (κ3) is 3.44. The van der Waals surface area contributed by atoms with Crippen molar-refractivity contribution in [3.8, 4) is 0 Å². The summed E-state index contributed by atoms with van der Waals surface area (Å²) < 4.78 is 9.41. The molecule has 0 saturated heterocycles. The van der Waals surface area contributed by atoms with Crippen LogP contribution >= 0.6 is 0 Å². The predicted molar refractivity (Wildman–Crippen MR) is 46.7 cm³/mol. The maximum atomic E-state index is 11.3. The van der Waals surface area contributed by atoms with Gasteiger partial charge in [0.15, 0.2) is 0 Å². The fourth-order valence-corrected chi connectivity index (χ4v) is 0.698. The van der Waals surface area contributed by atoms with Crippen LogP contribution in [0.15, 0.2) is 0 Å². The molecule has 4 heteroatoms. The molecule has 1 radical (unpaired) electrons. The van der Waals surface area contributed by atoms with E-state index in [-0.39, 0.29) is 0 Å². The molecule has 0 spiro atoms. The zero-order chi connectivity index (χ0) is 10.3. The highest BCUT2D eigenvalue weighted by atomic mass is 16.6. The lowest BCUT2D eigenvalue weighted by molar-refractivity contribution is -0.162. The molecule has 13 heavy (non-hydrogen) atoms. The standard InChI is InChI=1S/C9H15O4/c1-4-6-12-8(11)9(3,5-2)13-7-10/h4-6H2,1-3H3. The van der Waals surface area contributed by atoms with Crippen LogP contribution in [-0.2, 0) is 19.1 Å². The van der Waals surface area contributed by atoms with Gasteiger partial charge in [0, 0.05) is 0 Å². The predicted octanol–water partition coefficient (Wildman–Crippen LogP) is 1.19. The molecule has 0 aliphatic rings. The minimum atomic E-state index is -1.18. The quantitative estimate of drug-likeness (QED) is 0.586. The Morgan fingerprint density at radius 2 is 2.08 bits per heavy atom. The van der Waals surface area contributed by atoms with Crippen molar-refractivity contribution in [2.24, 2.45) is 0 Å². The number of ether oxygens (including phenoxy) is 2. The molecule has 0 aliphatic heterocycles. The Balaban J connectivity index is 4.19. The van der Waals surface area contributed by atoms with E-state index in [4.69, 9.17) is 4.74 Å². The van der Waals surface area contributed by atoms with Crippen LogP contribution in [-0.4, -0.2) is 24.6 Å². The summed E-state index contributed by atoms with van der Waals surface area (Å²) in [6.07, 6.45) is 1.13. The minimum absolute atomic E-state index is 0.344. The van der Waals surface area contributed by atoms with E-state index < -0.39 is 11.6 Å². The van der Waals surface area contributed by atoms with Gasteiger partial charge in [-0.1, -0.05) is 13.8 Å². The summed E-state index contributed by atoms with van der Waals surface area (Å²) in [6, 6.07) is 0. The number of carbonyl (C=O) groups is 1. The van der Waals surface area contributed by atoms with Crippen molar-refractivity contribution in [1.82, 2.24) is 0 Å². The molecule has 0 fully saturated rings. The maximum Gasteiger partial charge on any atom is 0.418 e. The molecule has 0 rings (SSSR count). The zero-order valence-corrected chi connectivity index (χ0v) is 8.25. The Labute approximate surface area is 78.2 Å². The lowest BCUT2D eigenvalue weighted by atomic mass is 10.0. The van der Waals surface area contributed by atoms with Gasteiger partial charge in [-0.25, -0.2) is 9.59 Å². The number of rotatable bonds is 6. The van der Waals surface area contributed by atoms with Crippen molar-refractivity contribution in [3.05, 3.63) is 0 Å². The zero-order valence-electron chi connectivity index (χ0n) is 8.25. The second-order valence-corrected chi connectivity index (χ2v) is 2.91. The lowest BCUT2D eigenvalue weighted by Gasteiger charge is -2.22. The summed E-state index contributed by atoms with van der Waals surface area (Å²) in [5.41, 5.74) is -1.18. The maximum absolute atomic E-state index is 11.3. The monoisotopic (exact) mass is 187 g/mol. The minimum Gasteiger partial charge on any atom is -0.463 e. The molecular weight excluding hydrogens is 172 g/mol. The summed E-state index contributed by atoms with van der Waals surface area (Å²) in [5, 5.41) is 0. The van der Waals surface area contributed by atoms with Crippen LogP contribution in [0, 0.1) is 0 Å². The first kappa shape index (κ1) is 11.9. The fourth-order valence-electron chi connectivity index (χ4n) is 0.698. The van der Waals surface area contributed by atoms with Crippen molar-refractivity contribution >= 4 is 12.4 Å². The van der Waals surface area contributed by atoms with Gasteiger partial charge in [-0.2, -0.15) is 0 Å². The van der Waals surface area contributed by atoms with E-state index in [1.54, 1.807) is 6.92 Å². The molecule has 0 aromatic rings. The number of hydrogen-bond acceptors (Lipinski definition) is 4. The molecule has 0 bridgehead atoms. The number of carbonyl (C=O) groups excluding carboxylic acids is 2. The Morgan fingerprint density at radius 3 is 2.46 bits per heavy atom. The van der Waals surface area contributed by atoms with Crippen LogP contribution < -0.4 is 0 Å². The van der Waals surface area contributed by atoms with E-state index in [9.17, 15) is 9.59 Å². The second kappa shape index (κ2) is 5.56. The van der Waals surface area contributed by atoms with Gasteiger partial charge in [-0.15, -0.1) is 0 Å². The van der Waals surface area contributed by atoms with Crippen LogP contribution in [0.5, 0.6) is 0 Å². The van der Waals surface area contributed by atoms with E-state index in [1.165, 1.54) is 13.4 Å².